The monoisotopic (exact) mass is 240 g/mol. The maximum absolute atomic E-state index is 9.57. The molecule has 0 saturated carbocycles. The molecule has 0 radical (unpaired) electrons. The first-order valence-corrected chi connectivity index (χ1v) is 5.58. The Morgan fingerprint density at radius 3 is 2.94 bits per heavy atom. The zero-order valence-electron chi connectivity index (χ0n) is 9.81. The van der Waals surface area contributed by atoms with E-state index < -0.39 is 0 Å². The van der Waals surface area contributed by atoms with Gasteiger partial charge in [-0.2, -0.15) is 0 Å². The number of nitrogens with zero attached hydrogens (tertiary/aromatic N) is 2. The molecule has 3 rings (SSSR count). The molecular formula is C13H12N4O. The molecule has 0 bridgehead atoms. The van der Waals surface area contributed by atoms with E-state index in [-0.39, 0.29) is 5.75 Å². The van der Waals surface area contributed by atoms with Gasteiger partial charge in [0.1, 0.15) is 23.5 Å². The Hall–Kier alpha value is -2.56. The maximum Gasteiger partial charge on any atom is 0.143 e. The number of rotatable bonds is 2. The lowest BCUT2D eigenvalue weighted by atomic mass is 10.2. The number of nitrogens with one attached hydrogen (secondary N) is 2. The number of aromatic hydroxyl groups is 1. The molecular weight excluding hydrogens is 228 g/mol. The number of hydrogen-bond acceptors (Lipinski definition) is 4. The summed E-state index contributed by atoms with van der Waals surface area (Å²) in [5.74, 6) is 0.947. The van der Waals surface area contributed by atoms with Crippen LogP contribution in [0.5, 0.6) is 5.75 Å². The van der Waals surface area contributed by atoms with Gasteiger partial charge in [-0.15, -0.1) is 0 Å². The van der Waals surface area contributed by atoms with Gasteiger partial charge in [-0.1, -0.05) is 0 Å². The largest absolute Gasteiger partial charge is 0.508 e. The summed E-state index contributed by atoms with van der Waals surface area (Å²) < 4.78 is 0. The van der Waals surface area contributed by atoms with Crippen molar-refractivity contribution >= 4 is 22.5 Å². The summed E-state index contributed by atoms with van der Waals surface area (Å²) in [6, 6.07) is 7.22. The van der Waals surface area contributed by atoms with Crippen LogP contribution in [-0.4, -0.2) is 20.1 Å². The number of benzene rings is 1. The first kappa shape index (κ1) is 10.6. The Morgan fingerprint density at radius 2 is 2.11 bits per heavy atom. The van der Waals surface area contributed by atoms with Gasteiger partial charge in [0.05, 0.1) is 5.39 Å². The Kier molecular flexibility index (Phi) is 2.37. The van der Waals surface area contributed by atoms with Gasteiger partial charge in [-0.25, -0.2) is 9.97 Å². The summed E-state index contributed by atoms with van der Waals surface area (Å²) in [5.41, 5.74) is 2.56. The third-order valence-electron chi connectivity index (χ3n) is 2.68. The fourth-order valence-corrected chi connectivity index (χ4v) is 1.94. The molecule has 0 fully saturated rings. The molecule has 0 aliphatic rings. The van der Waals surface area contributed by atoms with Crippen molar-refractivity contribution in [2.75, 3.05) is 5.32 Å². The van der Waals surface area contributed by atoms with Crippen molar-refractivity contribution in [3.05, 3.63) is 42.4 Å². The van der Waals surface area contributed by atoms with Crippen LogP contribution in [-0.2, 0) is 0 Å². The minimum Gasteiger partial charge on any atom is -0.508 e. The minimum absolute atomic E-state index is 0.233. The van der Waals surface area contributed by atoms with Crippen LogP contribution in [0.4, 0.5) is 11.5 Å². The van der Waals surface area contributed by atoms with Crippen LogP contribution in [0.1, 0.15) is 5.56 Å². The summed E-state index contributed by atoms with van der Waals surface area (Å²) in [4.78, 5) is 11.4. The molecule has 2 aromatic heterocycles. The molecule has 90 valence electrons. The Morgan fingerprint density at radius 1 is 1.22 bits per heavy atom. The average molecular weight is 240 g/mol. The van der Waals surface area contributed by atoms with Gasteiger partial charge >= 0.3 is 0 Å². The van der Waals surface area contributed by atoms with Crippen LogP contribution < -0.4 is 5.32 Å². The predicted molar refractivity (Wildman–Crippen MR) is 70.0 cm³/mol. The standard InChI is InChI=1S/C13H12N4O/c1-8-4-9(6-10(18)5-8)17-13-11-2-3-14-12(11)15-7-16-13/h2-7,18H,1H3,(H2,14,15,16,17). The second-order valence-electron chi connectivity index (χ2n) is 4.14. The Balaban J connectivity index is 2.03. The lowest BCUT2D eigenvalue weighted by Gasteiger charge is -2.07. The van der Waals surface area contributed by atoms with Crippen molar-refractivity contribution in [1.82, 2.24) is 15.0 Å². The van der Waals surface area contributed by atoms with Crippen LogP contribution in [0.3, 0.4) is 0 Å². The highest BCUT2D eigenvalue weighted by Gasteiger charge is 2.05. The summed E-state index contributed by atoms with van der Waals surface area (Å²) in [6.07, 6.45) is 3.31. The number of aromatic amines is 1. The van der Waals surface area contributed by atoms with Gasteiger partial charge in [-0.3, -0.25) is 0 Å². The first-order valence-electron chi connectivity index (χ1n) is 5.58. The van der Waals surface area contributed by atoms with Gasteiger partial charge in [0.25, 0.3) is 0 Å². The van der Waals surface area contributed by atoms with Crippen molar-refractivity contribution in [1.29, 1.82) is 0 Å². The Bertz CT molecular complexity index is 685. The third kappa shape index (κ3) is 1.86. The van der Waals surface area contributed by atoms with Gasteiger partial charge < -0.3 is 15.4 Å². The highest BCUT2D eigenvalue weighted by Crippen LogP contribution is 2.25. The van der Waals surface area contributed by atoms with E-state index in [1.165, 1.54) is 6.33 Å². The van der Waals surface area contributed by atoms with Gasteiger partial charge in [0.2, 0.25) is 0 Å². The van der Waals surface area contributed by atoms with Crippen molar-refractivity contribution in [3.63, 3.8) is 0 Å². The Labute approximate surface area is 104 Å². The summed E-state index contributed by atoms with van der Waals surface area (Å²) >= 11 is 0. The summed E-state index contributed by atoms with van der Waals surface area (Å²) in [5, 5.41) is 13.7. The van der Waals surface area contributed by atoms with Crippen molar-refractivity contribution in [2.45, 2.75) is 6.92 Å². The number of phenols is 1. The van der Waals surface area contributed by atoms with Crippen LogP contribution in [0, 0.1) is 6.92 Å². The van der Waals surface area contributed by atoms with E-state index in [1.807, 2.05) is 25.3 Å². The number of fused-ring (bicyclic) bond motifs is 1. The number of H-pyrrole nitrogens is 1. The molecule has 18 heavy (non-hydrogen) atoms. The summed E-state index contributed by atoms with van der Waals surface area (Å²) in [6.45, 7) is 1.93. The fourth-order valence-electron chi connectivity index (χ4n) is 1.94. The SMILES string of the molecule is Cc1cc(O)cc(Nc2ncnc3[nH]ccc23)c1. The van der Waals surface area contributed by atoms with Crippen molar-refractivity contribution in [3.8, 4) is 5.75 Å². The zero-order chi connectivity index (χ0) is 12.5. The van der Waals surface area contributed by atoms with E-state index in [9.17, 15) is 5.11 Å². The molecule has 0 amide bonds. The third-order valence-corrected chi connectivity index (χ3v) is 2.68. The molecule has 3 N–H and O–H groups in total. The lowest BCUT2D eigenvalue weighted by molar-refractivity contribution is 0.475. The number of hydrogen-bond donors (Lipinski definition) is 3. The molecule has 2 heterocycles. The lowest BCUT2D eigenvalue weighted by Crippen LogP contribution is -1.95. The smallest absolute Gasteiger partial charge is 0.143 e. The highest BCUT2D eigenvalue weighted by atomic mass is 16.3. The van der Waals surface area contributed by atoms with E-state index in [2.05, 4.69) is 20.3 Å². The molecule has 5 nitrogen and oxygen atoms in total. The van der Waals surface area contributed by atoms with Crippen LogP contribution >= 0.6 is 0 Å². The van der Waals surface area contributed by atoms with Gasteiger partial charge in [0, 0.05) is 18.0 Å². The minimum atomic E-state index is 0.233. The second-order valence-corrected chi connectivity index (χ2v) is 4.14. The van der Waals surface area contributed by atoms with E-state index in [0.29, 0.717) is 5.82 Å². The van der Waals surface area contributed by atoms with E-state index in [1.54, 1.807) is 12.1 Å². The average Bonchev–Trinajstić information content (AvgIpc) is 2.76. The van der Waals surface area contributed by atoms with E-state index in [4.69, 9.17) is 0 Å². The van der Waals surface area contributed by atoms with Crippen molar-refractivity contribution < 1.29 is 5.11 Å². The van der Waals surface area contributed by atoms with Crippen LogP contribution in [0.25, 0.3) is 11.0 Å². The molecule has 0 saturated heterocycles. The van der Waals surface area contributed by atoms with Gasteiger partial charge in [0.15, 0.2) is 0 Å². The first-order chi connectivity index (χ1) is 8.72. The molecule has 0 aliphatic heterocycles. The summed E-state index contributed by atoms with van der Waals surface area (Å²) in [7, 11) is 0. The number of aryl methyl sites for hydroxylation is 1. The molecule has 0 unspecified atom stereocenters. The quantitative estimate of drug-likeness (QED) is 0.644. The maximum atomic E-state index is 9.57. The molecule has 0 aliphatic carbocycles. The predicted octanol–water partition coefficient (Wildman–Crippen LogP) is 2.72. The van der Waals surface area contributed by atoms with E-state index >= 15 is 0 Å². The normalized spacial score (nSPS) is 10.7. The number of aromatic nitrogens is 3. The molecule has 3 aromatic rings. The van der Waals surface area contributed by atoms with E-state index in [0.717, 1.165) is 22.3 Å². The number of phenolic OH excluding ortho intramolecular Hbond substituents is 1. The molecule has 5 heteroatoms. The van der Waals surface area contributed by atoms with Crippen LogP contribution in [0.15, 0.2) is 36.8 Å². The molecule has 1 aromatic carbocycles. The topological polar surface area (TPSA) is 73.8 Å². The second kappa shape index (κ2) is 4.03. The highest BCUT2D eigenvalue weighted by molar-refractivity contribution is 5.88. The van der Waals surface area contributed by atoms with Gasteiger partial charge in [-0.05, 0) is 30.7 Å². The number of anilines is 2. The van der Waals surface area contributed by atoms with Crippen molar-refractivity contribution in [2.24, 2.45) is 0 Å². The van der Waals surface area contributed by atoms with Crippen LogP contribution in [0.2, 0.25) is 0 Å². The zero-order valence-corrected chi connectivity index (χ0v) is 9.81. The fraction of sp³-hybridized carbons (Fsp3) is 0.0769. The molecule has 0 atom stereocenters. The molecule has 0 spiro atoms.